The van der Waals surface area contributed by atoms with Gasteiger partial charge in [0, 0.05) is 55.6 Å². The number of imidazole rings is 1. The molecule has 0 bridgehead atoms. The van der Waals surface area contributed by atoms with E-state index >= 15 is 0 Å². The molecule has 0 atom stereocenters. The number of carbonyl (C=O) groups is 1. The van der Waals surface area contributed by atoms with Crippen LogP contribution in [0, 0.1) is 0 Å². The van der Waals surface area contributed by atoms with E-state index in [0.717, 1.165) is 25.9 Å². The highest BCUT2D eigenvalue weighted by molar-refractivity contribution is 5.80. The third kappa shape index (κ3) is 3.07. The summed E-state index contributed by atoms with van der Waals surface area (Å²) in [5, 5.41) is 1.27. The van der Waals surface area contributed by atoms with Crippen LogP contribution in [0.5, 0.6) is 0 Å². The monoisotopic (exact) mass is 322 g/mol. The van der Waals surface area contributed by atoms with E-state index in [1.807, 2.05) is 15.7 Å². The van der Waals surface area contributed by atoms with Crippen molar-refractivity contribution in [3.8, 4) is 0 Å². The molecule has 1 aliphatic rings. The molecule has 5 heteroatoms. The smallest absolute Gasteiger partial charge is 0.224 e. The van der Waals surface area contributed by atoms with Crippen LogP contribution in [0.1, 0.15) is 30.9 Å². The molecular formula is C19H22N4O. The fourth-order valence-electron chi connectivity index (χ4n) is 3.56. The second kappa shape index (κ2) is 6.51. The first-order valence-corrected chi connectivity index (χ1v) is 8.61. The van der Waals surface area contributed by atoms with Crippen LogP contribution in [-0.2, 0) is 11.3 Å². The number of fused-ring (bicyclic) bond motifs is 1. The molecule has 0 spiro atoms. The van der Waals surface area contributed by atoms with Crippen molar-refractivity contribution in [1.29, 1.82) is 0 Å². The van der Waals surface area contributed by atoms with Gasteiger partial charge >= 0.3 is 0 Å². The molecule has 1 saturated heterocycles. The molecule has 1 N–H and O–H groups in total. The number of piperidine rings is 1. The summed E-state index contributed by atoms with van der Waals surface area (Å²) in [4.78, 5) is 21.9. The highest BCUT2D eigenvalue weighted by Gasteiger charge is 2.24. The summed E-state index contributed by atoms with van der Waals surface area (Å²) in [6.45, 7) is 2.41. The van der Waals surface area contributed by atoms with Crippen molar-refractivity contribution in [2.75, 3.05) is 13.1 Å². The van der Waals surface area contributed by atoms with E-state index in [1.54, 1.807) is 12.5 Å². The number of likely N-dealkylation sites (tertiary alicyclic amines) is 1. The van der Waals surface area contributed by atoms with Crippen molar-refractivity contribution in [1.82, 2.24) is 19.4 Å². The number of amides is 1. The average Bonchev–Trinajstić information content (AvgIpc) is 3.29. The quantitative estimate of drug-likeness (QED) is 0.802. The van der Waals surface area contributed by atoms with Gasteiger partial charge in [-0.2, -0.15) is 0 Å². The van der Waals surface area contributed by atoms with Crippen LogP contribution in [0.15, 0.2) is 49.1 Å². The molecule has 1 fully saturated rings. The van der Waals surface area contributed by atoms with Gasteiger partial charge in [0.1, 0.15) is 0 Å². The van der Waals surface area contributed by atoms with Gasteiger partial charge in [-0.3, -0.25) is 4.79 Å². The Morgan fingerprint density at radius 1 is 1.25 bits per heavy atom. The Morgan fingerprint density at radius 2 is 2.08 bits per heavy atom. The lowest BCUT2D eigenvalue weighted by atomic mass is 9.93. The fraction of sp³-hybridized carbons (Fsp3) is 0.368. The molecule has 0 radical (unpaired) electrons. The van der Waals surface area contributed by atoms with E-state index in [9.17, 15) is 4.79 Å². The number of hydrogen-bond donors (Lipinski definition) is 1. The number of aromatic nitrogens is 3. The van der Waals surface area contributed by atoms with Crippen molar-refractivity contribution in [3.63, 3.8) is 0 Å². The number of para-hydroxylation sites is 1. The molecule has 1 amide bonds. The maximum absolute atomic E-state index is 12.4. The van der Waals surface area contributed by atoms with Crippen LogP contribution in [-0.4, -0.2) is 38.4 Å². The Balaban J connectivity index is 1.33. The first kappa shape index (κ1) is 15.0. The molecule has 0 unspecified atom stereocenters. The zero-order valence-electron chi connectivity index (χ0n) is 13.7. The zero-order valence-corrected chi connectivity index (χ0v) is 13.7. The predicted octanol–water partition coefficient (Wildman–Crippen LogP) is 3.16. The highest BCUT2D eigenvalue weighted by atomic mass is 16.2. The molecule has 0 aliphatic carbocycles. The first-order valence-electron chi connectivity index (χ1n) is 8.61. The van der Waals surface area contributed by atoms with E-state index in [-0.39, 0.29) is 5.91 Å². The van der Waals surface area contributed by atoms with Crippen molar-refractivity contribution in [2.24, 2.45) is 0 Å². The van der Waals surface area contributed by atoms with Crippen molar-refractivity contribution >= 4 is 16.8 Å². The van der Waals surface area contributed by atoms with Crippen LogP contribution >= 0.6 is 0 Å². The minimum atomic E-state index is 0.249. The summed E-state index contributed by atoms with van der Waals surface area (Å²) in [6.07, 6.45) is 8.02. The highest BCUT2D eigenvalue weighted by Crippen LogP contribution is 2.30. The number of H-pyrrole nitrogens is 1. The Bertz CT molecular complexity index is 780. The van der Waals surface area contributed by atoms with Crippen molar-refractivity contribution in [3.05, 3.63) is 54.7 Å². The summed E-state index contributed by atoms with van der Waals surface area (Å²) in [6, 6.07) is 10.7. The van der Waals surface area contributed by atoms with Gasteiger partial charge in [-0.25, -0.2) is 4.98 Å². The lowest BCUT2D eigenvalue weighted by Crippen LogP contribution is -2.38. The molecule has 2 aromatic heterocycles. The number of aromatic amines is 1. The third-order valence-electron chi connectivity index (χ3n) is 4.98. The number of nitrogens with zero attached hydrogens (tertiary/aromatic N) is 3. The number of benzene rings is 1. The minimum absolute atomic E-state index is 0.249. The molecule has 5 nitrogen and oxygen atoms in total. The summed E-state index contributed by atoms with van der Waals surface area (Å²) in [5.74, 6) is 0.772. The number of carbonyl (C=O) groups excluding carboxylic acids is 1. The molecule has 0 saturated carbocycles. The predicted molar refractivity (Wildman–Crippen MR) is 93.7 cm³/mol. The van der Waals surface area contributed by atoms with Gasteiger partial charge in [-0.1, -0.05) is 18.2 Å². The van der Waals surface area contributed by atoms with Crippen LogP contribution in [0.25, 0.3) is 10.9 Å². The molecule has 3 aromatic rings. The SMILES string of the molecule is O=C(CCn1ccnc1)N1CCC(c2cc3ccccc3[nH]2)CC1. The molecule has 1 aromatic carbocycles. The largest absolute Gasteiger partial charge is 0.358 e. The van der Waals surface area contributed by atoms with Gasteiger partial charge in [0.15, 0.2) is 0 Å². The van der Waals surface area contributed by atoms with E-state index in [0.29, 0.717) is 18.9 Å². The standard InChI is InChI=1S/C19H22N4O/c24-19(7-9-22-12-8-20-14-22)23-10-5-15(6-11-23)18-13-16-3-1-2-4-17(16)21-18/h1-4,8,12-15,21H,5-7,9-11H2. The molecule has 1 aliphatic heterocycles. The Hall–Kier alpha value is -2.56. The number of hydrogen-bond acceptors (Lipinski definition) is 2. The summed E-state index contributed by atoms with van der Waals surface area (Å²) < 4.78 is 1.95. The first-order chi connectivity index (χ1) is 11.8. The number of rotatable bonds is 4. The van der Waals surface area contributed by atoms with E-state index in [1.165, 1.54) is 16.6 Å². The summed E-state index contributed by atoms with van der Waals surface area (Å²) in [7, 11) is 0. The van der Waals surface area contributed by atoms with E-state index in [4.69, 9.17) is 0 Å². The maximum Gasteiger partial charge on any atom is 0.224 e. The van der Waals surface area contributed by atoms with Crippen LogP contribution < -0.4 is 0 Å². The number of aryl methyl sites for hydroxylation is 1. The molecular weight excluding hydrogens is 300 g/mol. The molecule has 3 heterocycles. The molecule has 4 rings (SSSR count). The van der Waals surface area contributed by atoms with Crippen LogP contribution in [0.4, 0.5) is 0 Å². The van der Waals surface area contributed by atoms with Gasteiger partial charge in [0.2, 0.25) is 5.91 Å². The second-order valence-corrected chi connectivity index (χ2v) is 6.52. The molecule has 124 valence electrons. The minimum Gasteiger partial charge on any atom is -0.358 e. The lowest BCUT2D eigenvalue weighted by molar-refractivity contribution is -0.132. The Kier molecular flexibility index (Phi) is 4.07. The van der Waals surface area contributed by atoms with Gasteiger partial charge < -0.3 is 14.5 Å². The van der Waals surface area contributed by atoms with Gasteiger partial charge in [-0.05, 0) is 30.4 Å². The Morgan fingerprint density at radius 3 is 2.83 bits per heavy atom. The van der Waals surface area contributed by atoms with Crippen molar-refractivity contribution < 1.29 is 4.79 Å². The normalized spacial score (nSPS) is 15.9. The third-order valence-corrected chi connectivity index (χ3v) is 4.98. The fourth-order valence-corrected chi connectivity index (χ4v) is 3.56. The lowest BCUT2D eigenvalue weighted by Gasteiger charge is -2.31. The Labute approximate surface area is 141 Å². The molecule has 24 heavy (non-hydrogen) atoms. The van der Waals surface area contributed by atoms with Crippen LogP contribution in [0.2, 0.25) is 0 Å². The summed E-state index contributed by atoms with van der Waals surface area (Å²) >= 11 is 0. The summed E-state index contributed by atoms with van der Waals surface area (Å²) in [5.41, 5.74) is 2.51. The average molecular weight is 322 g/mol. The second-order valence-electron chi connectivity index (χ2n) is 6.52. The van der Waals surface area contributed by atoms with Crippen LogP contribution in [0.3, 0.4) is 0 Å². The zero-order chi connectivity index (χ0) is 16.4. The topological polar surface area (TPSA) is 53.9 Å². The van der Waals surface area contributed by atoms with Crippen molar-refractivity contribution in [2.45, 2.75) is 31.7 Å². The number of nitrogens with one attached hydrogen (secondary N) is 1. The van der Waals surface area contributed by atoms with Gasteiger partial charge in [-0.15, -0.1) is 0 Å². The van der Waals surface area contributed by atoms with E-state index < -0.39 is 0 Å². The van der Waals surface area contributed by atoms with Gasteiger partial charge in [0.05, 0.1) is 6.33 Å². The van der Waals surface area contributed by atoms with Gasteiger partial charge in [0.25, 0.3) is 0 Å². The maximum atomic E-state index is 12.4. The van der Waals surface area contributed by atoms with E-state index in [2.05, 4.69) is 40.3 Å².